The molecular formula is C20H20N2O4S. The normalized spacial score (nSPS) is 11.4. The van der Waals surface area contributed by atoms with Gasteiger partial charge in [-0.15, -0.1) is 0 Å². The molecule has 0 aliphatic rings. The van der Waals surface area contributed by atoms with Crippen LogP contribution in [-0.2, 0) is 10.0 Å². The van der Waals surface area contributed by atoms with E-state index in [1.807, 2.05) is 24.3 Å². The van der Waals surface area contributed by atoms with Crippen LogP contribution in [0.15, 0.2) is 59.5 Å². The molecule has 1 amide bonds. The number of benzene rings is 3. The summed E-state index contributed by atoms with van der Waals surface area (Å²) in [4.78, 5) is 12.9. The Morgan fingerprint density at radius 2 is 1.67 bits per heavy atom. The third kappa shape index (κ3) is 3.79. The molecule has 3 aromatic rings. The summed E-state index contributed by atoms with van der Waals surface area (Å²) in [6.07, 6.45) is 0. The first kappa shape index (κ1) is 18.9. The lowest BCUT2D eigenvalue weighted by Gasteiger charge is -2.13. The van der Waals surface area contributed by atoms with Crippen LogP contribution in [0.3, 0.4) is 0 Å². The van der Waals surface area contributed by atoms with Crippen LogP contribution in [0.25, 0.3) is 10.8 Å². The lowest BCUT2D eigenvalue weighted by Crippen LogP contribution is -2.20. The number of aryl methyl sites for hydroxylation is 1. The van der Waals surface area contributed by atoms with E-state index in [0.29, 0.717) is 22.6 Å². The number of nitrogens with one attached hydrogen (secondary N) is 2. The molecule has 0 unspecified atom stereocenters. The summed E-state index contributed by atoms with van der Waals surface area (Å²) in [5, 5.41) is 4.62. The van der Waals surface area contributed by atoms with Gasteiger partial charge in [0.1, 0.15) is 5.75 Å². The molecule has 0 spiro atoms. The van der Waals surface area contributed by atoms with Crippen molar-refractivity contribution < 1.29 is 17.9 Å². The maximum absolute atomic E-state index is 12.8. The highest BCUT2D eigenvalue weighted by atomic mass is 32.2. The number of methoxy groups -OCH3 is 1. The highest BCUT2D eigenvalue weighted by Gasteiger charge is 2.18. The first-order valence-corrected chi connectivity index (χ1v) is 9.76. The summed E-state index contributed by atoms with van der Waals surface area (Å²) in [7, 11) is -0.768. The van der Waals surface area contributed by atoms with E-state index in [0.717, 1.165) is 10.8 Å². The van der Waals surface area contributed by atoms with Crippen molar-refractivity contribution in [3.63, 3.8) is 0 Å². The Morgan fingerprint density at radius 1 is 1.00 bits per heavy atom. The van der Waals surface area contributed by atoms with Crippen molar-refractivity contribution >= 4 is 32.4 Å². The number of hydrogen-bond acceptors (Lipinski definition) is 4. The number of amides is 1. The number of carbonyl (C=O) groups excluding carboxylic acids is 1. The van der Waals surface area contributed by atoms with E-state index in [1.165, 1.54) is 20.2 Å². The average Bonchev–Trinajstić information content (AvgIpc) is 2.68. The smallest absolute Gasteiger partial charge is 0.259 e. The SMILES string of the molecule is CNS(=O)(=O)c1cc(NC(=O)c2cc3ccccc3cc2OC)ccc1C. The average molecular weight is 384 g/mol. The molecule has 0 aliphatic carbocycles. The second-order valence-corrected chi connectivity index (χ2v) is 7.90. The summed E-state index contributed by atoms with van der Waals surface area (Å²) < 4.78 is 31.9. The lowest BCUT2D eigenvalue weighted by molar-refractivity contribution is 0.102. The number of carbonyl (C=O) groups is 1. The Labute approximate surface area is 158 Å². The number of anilines is 1. The summed E-state index contributed by atoms with van der Waals surface area (Å²) in [5.41, 5.74) is 1.34. The van der Waals surface area contributed by atoms with E-state index in [2.05, 4.69) is 10.0 Å². The first-order chi connectivity index (χ1) is 12.9. The van der Waals surface area contributed by atoms with Gasteiger partial charge in [-0.05, 0) is 54.6 Å². The lowest BCUT2D eigenvalue weighted by atomic mass is 10.1. The van der Waals surface area contributed by atoms with Gasteiger partial charge in [-0.1, -0.05) is 30.3 Å². The Balaban J connectivity index is 1.99. The van der Waals surface area contributed by atoms with E-state index in [-0.39, 0.29) is 10.8 Å². The molecule has 0 saturated heterocycles. The van der Waals surface area contributed by atoms with Crippen LogP contribution >= 0.6 is 0 Å². The third-order valence-corrected chi connectivity index (χ3v) is 5.87. The molecule has 0 bridgehead atoms. The molecule has 2 N–H and O–H groups in total. The van der Waals surface area contributed by atoms with Crippen molar-refractivity contribution in [3.05, 3.63) is 65.7 Å². The molecule has 0 radical (unpaired) electrons. The minimum absolute atomic E-state index is 0.119. The van der Waals surface area contributed by atoms with Gasteiger partial charge in [0.25, 0.3) is 5.91 Å². The molecule has 3 rings (SSSR count). The Kier molecular flexibility index (Phi) is 5.16. The second kappa shape index (κ2) is 7.38. The van der Waals surface area contributed by atoms with Gasteiger partial charge in [-0.25, -0.2) is 13.1 Å². The van der Waals surface area contributed by atoms with Crippen molar-refractivity contribution in [2.24, 2.45) is 0 Å². The predicted octanol–water partition coefficient (Wildman–Crippen LogP) is 3.32. The fourth-order valence-corrected chi connectivity index (χ4v) is 3.84. The van der Waals surface area contributed by atoms with E-state index in [4.69, 9.17) is 4.74 Å². The van der Waals surface area contributed by atoms with Gasteiger partial charge in [-0.2, -0.15) is 0 Å². The summed E-state index contributed by atoms with van der Waals surface area (Å²) in [5.74, 6) is 0.0654. The van der Waals surface area contributed by atoms with Gasteiger partial charge in [0.05, 0.1) is 17.6 Å². The van der Waals surface area contributed by atoms with Gasteiger partial charge in [0.15, 0.2) is 0 Å². The van der Waals surface area contributed by atoms with Crippen molar-refractivity contribution in [2.45, 2.75) is 11.8 Å². The quantitative estimate of drug-likeness (QED) is 0.707. The number of rotatable bonds is 5. The van der Waals surface area contributed by atoms with Gasteiger partial charge in [0.2, 0.25) is 10.0 Å². The molecule has 7 heteroatoms. The maximum atomic E-state index is 12.8. The van der Waals surface area contributed by atoms with Crippen LogP contribution in [-0.4, -0.2) is 28.5 Å². The standard InChI is InChI=1S/C20H20N2O4S/c1-13-8-9-16(12-19(13)27(24,25)21-2)22-20(23)17-10-14-6-4-5-7-15(14)11-18(17)26-3/h4-12,21H,1-3H3,(H,22,23). The number of hydrogen-bond donors (Lipinski definition) is 2. The largest absolute Gasteiger partial charge is 0.496 e. The Hall–Kier alpha value is -2.90. The number of fused-ring (bicyclic) bond motifs is 1. The van der Waals surface area contributed by atoms with Crippen LogP contribution in [0, 0.1) is 6.92 Å². The zero-order chi connectivity index (χ0) is 19.6. The molecule has 27 heavy (non-hydrogen) atoms. The minimum atomic E-state index is -3.62. The number of ether oxygens (including phenoxy) is 1. The van der Waals surface area contributed by atoms with Crippen molar-refractivity contribution in [1.29, 1.82) is 0 Å². The molecule has 0 saturated carbocycles. The zero-order valence-electron chi connectivity index (χ0n) is 15.2. The van der Waals surface area contributed by atoms with Crippen molar-refractivity contribution in [1.82, 2.24) is 4.72 Å². The summed E-state index contributed by atoms with van der Waals surface area (Å²) in [6, 6.07) is 16.0. The molecule has 3 aromatic carbocycles. The second-order valence-electron chi connectivity index (χ2n) is 6.04. The summed E-state index contributed by atoms with van der Waals surface area (Å²) in [6.45, 7) is 1.70. The van der Waals surface area contributed by atoms with Gasteiger partial charge in [-0.3, -0.25) is 4.79 Å². The summed E-state index contributed by atoms with van der Waals surface area (Å²) >= 11 is 0. The topological polar surface area (TPSA) is 84.5 Å². The molecule has 0 heterocycles. The first-order valence-electron chi connectivity index (χ1n) is 8.28. The van der Waals surface area contributed by atoms with E-state index in [1.54, 1.807) is 31.2 Å². The van der Waals surface area contributed by atoms with E-state index >= 15 is 0 Å². The van der Waals surface area contributed by atoms with Gasteiger partial charge in [0, 0.05) is 5.69 Å². The Morgan fingerprint density at radius 3 is 2.30 bits per heavy atom. The van der Waals surface area contributed by atoms with Crippen LogP contribution in [0.4, 0.5) is 5.69 Å². The molecule has 0 fully saturated rings. The van der Waals surface area contributed by atoms with Crippen LogP contribution in [0.5, 0.6) is 5.75 Å². The van der Waals surface area contributed by atoms with Crippen LogP contribution in [0.1, 0.15) is 15.9 Å². The minimum Gasteiger partial charge on any atom is -0.496 e. The predicted molar refractivity (Wildman–Crippen MR) is 106 cm³/mol. The van der Waals surface area contributed by atoms with Gasteiger partial charge >= 0.3 is 0 Å². The molecular weight excluding hydrogens is 364 g/mol. The van der Waals surface area contributed by atoms with Gasteiger partial charge < -0.3 is 10.1 Å². The molecule has 0 aliphatic heterocycles. The van der Waals surface area contributed by atoms with Crippen LogP contribution < -0.4 is 14.8 Å². The molecule has 0 atom stereocenters. The van der Waals surface area contributed by atoms with E-state index in [9.17, 15) is 13.2 Å². The highest BCUT2D eigenvalue weighted by molar-refractivity contribution is 7.89. The fourth-order valence-electron chi connectivity index (χ4n) is 2.84. The third-order valence-electron chi connectivity index (χ3n) is 4.32. The molecule has 0 aromatic heterocycles. The van der Waals surface area contributed by atoms with E-state index < -0.39 is 10.0 Å². The zero-order valence-corrected chi connectivity index (χ0v) is 16.1. The van der Waals surface area contributed by atoms with Crippen molar-refractivity contribution in [3.8, 4) is 5.75 Å². The fraction of sp³-hybridized carbons (Fsp3) is 0.150. The van der Waals surface area contributed by atoms with Crippen molar-refractivity contribution in [2.75, 3.05) is 19.5 Å². The van der Waals surface area contributed by atoms with Crippen LogP contribution in [0.2, 0.25) is 0 Å². The highest BCUT2D eigenvalue weighted by Crippen LogP contribution is 2.27. The number of sulfonamides is 1. The maximum Gasteiger partial charge on any atom is 0.259 e. The molecule has 6 nitrogen and oxygen atoms in total. The molecule has 140 valence electrons. The Bertz CT molecular complexity index is 1120. The monoisotopic (exact) mass is 384 g/mol.